The number of methoxy groups -OCH3 is 1. The van der Waals surface area contributed by atoms with Crippen LogP contribution in [-0.4, -0.2) is 30.2 Å². The summed E-state index contributed by atoms with van der Waals surface area (Å²) in [5.41, 5.74) is 2.40. The first-order chi connectivity index (χ1) is 13.3. The lowest BCUT2D eigenvalue weighted by atomic mass is 10.3. The third kappa shape index (κ3) is 2.49. The standard InChI is InChI=1S/C20H21N5O3/c1-12(2)10-24-18(26)16-17(22(4)20(24)27)21-19-23(16)11-13(3)25(19)14-7-6-8-15(9-14)28-5/h6-9,11H,1,10H2,2-5H3. The second-order valence-corrected chi connectivity index (χ2v) is 6.95. The minimum absolute atomic E-state index is 0.171. The van der Waals surface area contributed by atoms with E-state index in [0.717, 1.165) is 22.7 Å². The van der Waals surface area contributed by atoms with E-state index in [0.29, 0.717) is 16.9 Å². The Bertz CT molecular complexity index is 1370. The number of nitrogens with zero attached hydrogens (tertiary/aromatic N) is 5. The Morgan fingerprint density at radius 3 is 2.71 bits per heavy atom. The Hall–Kier alpha value is -3.55. The Labute approximate surface area is 160 Å². The molecule has 0 saturated heterocycles. The zero-order valence-corrected chi connectivity index (χ0v) is 16.3. The second-order valence-electron chi connectivity index (χ2n) is 6.95. The zero-order valence-electron chi connectivity index (χ0n) is 16.3. The number of rotatable bonds is 4. The van der Waals surface area contributed by atoms with Crippen LogP contribution in [0, 0.1) is 6.92 Å². The highest BCUT2D eigenvalue weighted by atomic mass is 16.5. The van der Waals surface area contributed by atoms with Gasteiger partial charge >= 0.3 is 5.69 Å². The van der Waals surface area contributed by atoms with Crippen LogP contribution < -0.4 is 16.0 Å². The molecule has 0 aliphatic heterocycles. The molecular formula is C20H21N5O3. The van der Waals surface area contributed by atoms with Crippen LogP contribution in [0.4, 0.5) is 0 Å². The summed E-state index contributed by atoms with van der Waals surface area (Å²) in [7, 11) is 3.23. The van der Waals surface area contributed by atoms with Crippen LogP contribution in [-0.2, 0) is 13.6 Å². The summed E-state index contributed by atoms with van der Waals surface area (Å²) in [5, 5.41) is 0. The molecule has 0 spiro atoms. The maximum Gasteiger partial charge on any atom is 0.332 e. The molecule has 4 aromatic rings. The molecule has 0 bridgehead atoms. The van der Waals surface area contributed by atoms with Crippen molar-refractivity contribution in [1.29, 1.82) is 0 Å². The van der Waals surface area contributed by atoms with Crippen molar-refractivity contribution in [3.8, 4) is 11.4 Å². The van der Waals surface area contributed by atoms with Crippen molar-refractivity contribution in [2.24, 2.45) is 7.05 Å². The zero-order chi connectivity index (χ0) is 20.2. The number of aryl methyl sites for hydroxylation is 2. The van der Waals surface area contributed by atoms with E-state index in [1.807, 2.05) is 42.0 Å². The maximum atomic E-state index is 13.1. The van der Waals surface area contributed by atoms with Gasteiger partial charge in [0, 0.05) is 25.0 Å². The lowest BCUT2D eigenvalue weighted by Gasteiger charge is -2.08. The minimum atomic E-state index is -0.411. The topological polar surface area (TPSA) is 75.5 Å². The normalized spacial score (nSPS) is 11.4. The number of benzene rings is 1. The third-order valence-electron chi connectivity index (χ3n) is 4.77. The molecule has 28 heavy (non-hydrogen) atoms. The van der Waals surface area contributed by atoms with Crippen LogP contribution in [0.2, 0.25) is 0 Å². The molecule has 0 fully saturated rings. The number of allylic oxidation sites excluding steroid dienone is 1. The Balaban J connectivity index is 2.11. The van der Waals surface area contributed by atoms with Crippen molar-refractivity contribution in [2.45, 2.75) is 20.4 Å². The number of ether oxygens (including phenoxy) is 1. The summed E-state index contributed by atoms with van der Waals surface area (Å²) >= 11 is 0. The van der Waals surface area contributed by atoms with Gasteiger partial charge in [0.2, 0.25) is 5.78 Å². The maximum absolute atomic E-state index is 13.1. The molecule has 0 N–H and O–H groups in total. The molecule has 3 heterocycles. The largest absolute Gasteiger partial charge is 0.497 e. The number of fused-ring (bicyclic) bond motifs is 3. The first-order valence-electron chi connectivity index (χ1n) is 8.82. The highest BCUT2D eigenvalue weighted by Crippen LogP contribution is 2.23. The highest BCUT2D eigenvalue weighted by molar-refractivity contribution is 5.76. The van der Waals surface area contributed by atoms with E-state index in [2.05, 4.69) is 11.6 Å². The average Bonchev–Trinajstić information content (AvgIpc) is 3.17. The first kappa shape index (κ1) is 17.8. The molecule has 0 radical (unpaired) electrons. The van der Waals surface area contributed by atoms with Gasteiger partial charge in [0.25, 0.3) is 5.56 Å². The summed E-state index contributed by atoms with van der Waals surface area (Å²) in [6.45, 7) is 7.71. The quantitative estimate of drug-likeness (QED) is 0.509. The molecule has 8 heteroatoms. The van der Waals surface area contributed by atoms with Crippen molar-refractivity contribution in [1.82, 2.24) is 23.1 Å². The number of hydrogen-bond donors (Lipinski definition) is 0. The van der Waals surface area contributed by atoms with E-state index in [9.17, 15) is 9.59 Å². The molecule has 8 nitrogen and oxygen atoms in total. The molecule has 0 unspecified atom stereocenters. The Kier molecular flexibility index (Phi) is 3.99. The molecule has 0 aliphatic rings. The fourth-order valence-corrected chi connectivity index (χ4v) is 3.49. The van der Waals surface area contributed by atoms with Gasteiger partial charge in [-0.1, -0.05) is 18.2 Å². The second kappa shape index (κ2) is 6.26. The fourth-order valence-electron chi connectivity index (χ4n) is 3.49. The summed E-state index contributed by atoms with van der Waals surface area (Å²) in [4.78, 5) is 30.4. The predicted molar refractivity (Wildman–Crippen MR) is 108 cm³/mol. The van der Waals surface area contributed by atoms with E-state index in [-0.39, 0.29) is 12.1 Å². The monoisotopic (exact) mass is 379 g/mol. The Morgan fingerprint density at radius 1 is 1.29 bits per heavy atom. The van der Waals surface area contributed by atoms with Crippen LogP contribution in [0.5, 0.6) is 5.75 Å². The molecule has 3 aromatic heterocycles. The smallest absolute Gasteiger partial charge is 0.332 e. The minimum Gasteiger partial charge on any atom is -0.497 e. The molecule has 0 atom stereocenters. The first-order valence-corrected chi connectivity index (χ1v) is 8.82. The summed E-state index contributed by atoms with van der Waals surface area (Å²) in [5.74, 6) is 1.28. The number of aromatic nitrogens is 5. The fraction of sp³-hybridized carbons (Fsp3) is 0.250. The van der Waals surface area contributed by atoms with Crippen LogP contribution >= 0.6 is 0 Å². The molecule has 0 saturated carbocycles. The van der Waals surface area contributed by atoms with Gasteiger partial charge in [0.1, 0.15) is 5.75 Å². The van der Waals surface area contributed by atoms with Gasteiger partial charge in [-0.25, -0.2) is 4.79 Å². The number of imidazole rings is 2. The van der Waals surface area contributed by atoms with Crippen LogP contribution in [0.15, 0.2) is 52.2 Å². The van der Waals surface area contributed by atoms with E-state index in [1.165, 1.54) is 9.13 Å². The van der Waals surface area contributed by atoms with E-state index in [1.54, 1.807) is 25.5 Å². The van der Waals surface area contributed by atoms with Gasteiger partial charge in [0.15, 0.2) is 11.2 Å². The van der Waals surface area contributed by atoms with E-state index < -0.39 is 5.69 Å². The van der Waals surface area contributed by atoms with Crippen molar-refractivity contribution >= 4 is 16.9 Å². The molecular weight excluding hydrogens is 358 g/mol. The predicted octanol–water partition coefficient (Wildman–Crippen LogP) is 2.03. The molecule has 144 valence electrons. The van der Waals surface area contributed by atoms with Crippen molar-refractivity contribution < 1.29 is 4.74 Å². The molecule has 1 aromatic carbocycles. The average molecular weight is 379 g/mol. The van der Waals surface area contributed by atoms with Crippen molar-refractivity contribution in [3.05, 3.63) is 69.1 Å². The van der Waals surface area contributed by atoms with Crippen LogP contribution in [0.1, 0.15) is 12.6 Å². The number of hydrogen-bond acceptors (Lipinski definition) is 4. The molecule has 0 amide bonds. The van der Waals surface area contributed by atoms with Crippen LogP contribution in [0.25, 0.3) is 22.6 Å². The van der Waals surface area contributed by atoms with Crippen LogP contribution in [0.3, 0.4) is 0 Å². The SMILES string of the molecule is C=C(C)Cn1c(=O)c2c(nc3n(-c4cccc(OC)c4)c(C)cn23)n(C)c1=O. The molecule has 4 rings (SSSR count). The summed E-state index contributed by atoms with van der Waals surface area (Å²) in [6.07, 6.45) is 1.85. The van der Waals surface area contributed by atoms with Gasteiger partial charge in [-0.2, -0.15) is 4.98 Å². The van der Waals surface area contributed by atoms with Crippen molar-refractivity contribution in [3.63, 3.8) is 0 Å². The van der Waals surface area contributed by atoms with E-state index >= 15 is 0 Å². The van der Waals surface area contributed by atoms with Gasteiger partial charge in [-0.15, -0.1) is 0 Å². The van der Waals surface area contributed by atoms with Gasteiger partial charge in [-0.05, 0) is 26.0 Å². The molecule has 0 aliphatic carbocycles. The van der Waals surface area contributed by atoms with E-state index in [4.69, 9.17) is 4.74 Å². The highest BCUT2D eigenvalue weighted by Gasteiger charge is 2.20. The van der Waals surface area contributed by atoms with Crippen molar-refractivity contribution in [2.75, 3.05) is 7.11 Å². The van der Waals surface area contributed by atoms with Gasteiger partial charge in [0.05, 0.1) is 19.3 Å². The van der Waals surface area contributed by atoms with Gasteiger partial charge in [-0.3, -0.25) is 22.9 Å². The Morgan fingerprint density at radius 2 is 2.04 bits per heavy atom. The summed E-state index contributed by atoms with van der Waals surface area (Å²) < 4.78 is 11.6. The lowest BCUT2D eigenvalue weighted by Crippen LogP contribution is -2.39. The third-order valence-corrected chi connectivity index (χ3v) is 4.77. The van der Waals surface area contributed by atoms with Gasteiger partial charge < -0.3 is 4.74 Å². The summed E-state index contributed by atoms with van der Waals surface area (Å²) in [6, 6.07) is 7.59. The lowest BCUT2D eigenvalue weighted by molar-refractivity contribution is 0.414.